The molecular weight excluding hydrogens is 350 g/mol. The van der Waals surface area contributed by atoms with Gasteiger partial charge in [0.2, 0.25) is 5.76 Å². The standard InChI is InChI=1S/C21H14ClNO3/c1-13-5-6-15-3-2-4-18(20(15)23-13)26-21(24)19-12-11-17(25-19)14-7-9-16(22)10-8-14/h2-12H,1H3. The quantitative estimate of drug-likeness (QED) is 0.347. The summed E-state index contributed by atoms with van der Waals surface area (Å²) in [4.78, 5) is 16.9. The number of pyridine rings is 1. The monoisotopic (exact) mass is 363 g/mol. The highest BCUT2D eigenvalue weighted by molar-refractivity contribution is 6.30. The van der Waals surface area contributed by atoms with Crippen LogP contribution in [0.2, 0.25) is 5.02 Å². The van der Waals surface area contributed by atoms with Gasteiger partial charge in [0.15, 0.2) is 5.75 Å². The fraction of sp³-hybridized carbons (Fsp3) is 0.0476. The maximum Gasteiger partial charge on any atom is 0.379 e. The van der Waals surface area contributed by atoms with Crippen molar-refractivity contribution in [2.24, 2.45) is 0 Å². The Morgan fingerprint density at radius 2 is 1.81 bits per heavy atom. The highest BCUT2D eigenvalue weighted by atomic mass is 35.5. The van der Waals surface area contributed by atoms with Crippen LogP contribution in [0.25, 0.3) is 22.2 Å². The Morgan fingerprint density at radius 3 is 2.62 bits per heavy atom. The van der Waals surface area contributed by atoms with Crippen molar-refractivity contribution in [3.63, 3.8) is 0 Å². The Kier molecular flexibility index (Phi) is 4.19. The molecule has 26 heavy (non-hydrogen) atoms. The number of esters is 1. The Hall–Kier alpha value is -3.11. The van der Waals surface area contributed by atoms with Gasteiger partial charge in [-0.3, -0.25) is 0 Å². The molecule has 0 fully saturated rings. The summed E-state index contributed by atoms with van der Waals surface area (Å²) >= 11 is 5.89. The molecule has 0 radical (unpaired) electrons. The second kappa shape index (κ2) is 6.65. The van der Waals surface area contributed by atoms with E-state index < -0.39 is 5.97 Å². The van der Waals surface area contributed by atoms with Crippen LogP contribution in [-0.2, 0) is 0 Å². The molecule has 0 aliphatic carbocycles. The number of hydrogen-bond donors (Lipinski definition) is 0. The van der Waals surface area contributed by atoms with Crippen LogP contribution in [0.4, 0.5) is 0 Å². The van der Waals surface area contributed by atoms with Gasteiger partial charge in [0.05, 0.1) is 0 Å². The Labute approximate surface area is 155 Å². The van der Waals surface area contributed by atoms with Gasteiger partial charge in [0.1, 0.15) is 11.3 Å². The minimum Gasteiger partial charge on any atom is -0.449 e. The lowest BCUT2D eigenvalue weighted by Gasteiger charge is -2.06. The molecule has 0 aliphatic rings. The van der Waals surface area contributed by atoms with Gasteiger partial charge in [-0.25, -0.2) is 9.78 Å². The minimum atomic E-state index is -0.569. The van der Waals surface area contributed by atoms with Crippen molar-refractivity contribution < 1.29 is 13.9 Å². The molecule has 0 unspecified atom stereocenters. The molecule has 4 nitrogen and oxygen atoms in total. The molecular formula is C21H14ClNO3. The first kappa shape index (κ1) is 16.4. The van der Waals surface area contributed by atoms with Crippen molar-refractivity contribution in [3.8, 4) is 17.1 Å². The molecule has 2 aromatic heterocycles. The summed E-state index contributed by atoms with van der Waals surface area (Å²) in [5.41, 5.74) is 2.32. The van der Waals surface area contributed by atoms with Gasteiger partial charge in [-0.2, -0.15) is 0 Å². The largest absolute Gasteiger partial charge is 0.449 e. The van der Waals surface area contributed by atoms with Crippen molar-refractivity contribution in [1.29, 1.82) is 0 Å². The number of benzene rings is 2. The second-order valence-electron chi connectivity index (χ2n) is 5.84. The molecule has 0 amide bonds. The van der Waals surface area contributed by atoms with E-state index in [0.717, 1.165) is 16.6 Å². The number of ether oxygens (including phenoxy) is 1. The molecule has 4 aromatic rings. The van der Waals surface area contributed by atoms with Gasteiger partial charge in [-0.15, -0.1) is 0 Å². The minimum absolute atomic E-state index is 0.125. The fourth-order valence-electron chi connectivity index (χ4n) is 2.67. The van der Waals surface area contributed by atoms with Crippen molar-refractivity contribution in [3.05, 3.63) is 83.2 Å². The summed E-state index contributed by atoms with van der Waals surface area (Å²) in [7, 11) is 0. The number of halogens is 1. The molecule has 5 heteroatoms. The van der Waals surface area contributed by atoms with Crippen LogP contribution >= 0.6 is 11.6 Å². The van der Waals surface area contributed by atoms with Crippen molar-refractivity contribution in [2.45, 2.75) is 6.92 Å². The first-order valence-corrected chi connectivity index (χ1v) is 8.42. The lowest BCUT2D eigenvalue weighted by molar-refractivity contribution is 0.0704. The smallest absolute Gasteiger partial charge is 0.379 e. The van der Waals surface area contributed by atoms with Crippen LogP contribution in [0.5, 0.6) is 5.75 Å². The normalized spacial score (nSPS) is 10.8. The highest BCUT2D eigenvalue weighted by Gasteiger charge is 2.16. The van der Waals surface area contributed by atoms with E-state index in [4.69, 9.17) is 20.8 Å². The first-order valence-electron chi connectivity index (χ1n) is 8.04. The third-order valence-corrected chi connectivity index (χ3v) is 4.21. The van der Waals surface area contributed by atoms with E-state index in [-0.39, 0.29) is 5.76 Å². The van der Waals surface area contributed by atoms with Crippen LogP contribution in [0.1, 0.15) is 16.2 Å². The number of aryl methyl sites for hydroxylation is 1. The van der Waals surface area contributed by atoms with E-state index >= 15 is 0 Å². The van der Waals surface area contributed by atoms with Crippen molar-refractivity contribution in [2.75, 3.05) is 0 Å². The third-order valence-electron chi connectivity index (χ3n) is 3.96. The molecule has 128 valence electrons. The number of carbonyl (C=O) groups is 1. The predicted molar refractivity (Wildman–Crippen MR) is 101 cm³/mol. The maximum atomic E-state index is 12.5. The lowest BCUT2D eigenvalue weighted by atomic mass is 10.2. The zero-order valence-electron chi connectivity index (χ0n) is 13.9. The molecule has 2 heterocycles. The summed E-state index contributed by atoms with van der Waals surface area (Å²) < 4.78 is 11.2. The number of nitrogens with zero attached hydrogens (tertiary/aromatic N) is 1. The van der Waals surface area contributed by atoms with Crippen LogP contribution in [0.3, 0.4) is 0 Å². The number of hydrogen-bond acceptors (Lipinski definition) is 4. The molecule has 0 spiro atoms. The van der Waals surface area contributed by atoms with Gasteiger partial charge in [0.25, 0.3) is 0 Å². The number of carbonyl (C=O) groups excluding carboxylic acids is 1. The number of fused-ring (bicyclic) bond motifs is 1. The molecule has 0 bridgehead atoms. The number of aromatic nitrogens is 1. The van der Waals surface area contributed by atoms with Gasteiger partial charge >= 0.3 is 5.97 Å². The summed E-state index contributed by atoms with van der Waals surface area (Å²) in [5.74, 6) is 0.529. The van der Waals surface area contributed by atoms with Crippen LogP contribution in [0.15, 0.2) is 71.1 Å². The van der Waals surface area contributed by atoms with Crippen molar-refractivity contribution in [1.82, 2.24) is 4.98 Å². The molecule has 0 aliphatic heterocycles. The van der Waals surface area contributed by atoms with Crippen LogP contribution in [0, 0.1) is 6.92 Å². The average molecular weight is 364 g/mol. The van der Waals surface area contributed by atoms with Crippen LogP contribution in [-0.4, -0.2) is 11.0 Å². The molecule has 4 rings (SSSR count). The Balaban J connectivity index is 1.61. The topological polar surface area (TPSA) is 52.3 Å². The van der Waals surface area contributed by atoms with Gasteiger partial charge < -0.3 is 9.15 Å². The van der Waals surface area contributed by atoms with E-state index in [1.54, 1.807) is 30.3 Å². The van der Waals surface area contributed by atoms with E-state index in [1.165, 1.54) is 0 Å². The number of rotatable bonds is 3. The molecule has 0 N–H and O–H groups in total. The van der Waals surface area contributed by atoms with E-state index in [1.807, 2.05) is 43.3 Å². The maximum absolute atomic E-state index is 12.5. The zero-order valence-corrected chi connectivity index (χ0v) is 14.7. The summed E-state index contributed by atoms with van der Waals surface area (Å²) in [6.07, 6.45) is 0. The number of para-hydroxylation sites is 1. The predicted octanol–water partition coefficient (Wildman–Crippen LogP) is 5.68. The van der Waals surface area contributed by atoms with E-state index in [2.05, 4.69) is 4.98 Å². The van der Waals surface area contributed by atoms with E-state index in [0.29, 0.717) is 22.0 Å². The summed E-state index contributed by atoms with van der Waals surface area (Å²) in [5, 5.41) is 1.54. The SMILES string of the molecule is Cc1ccc2cccc(OC(=O)c3ccc(-c4ccc(Cl)cc4)o3)c2n1. The third kappa shape index (κ3) is 3.19. The molecule has 0 saturated carbocycles. The molecule has 0 atom stereocenters. The van der Waals surface area contributed by atoms with Gasteiger partial charge in [-0.1, -0.05) is 29.8 Å². The highest BCUT2D eigenvalue weighted by Crippen LogP contribution is 2.27. The van der Waals surface area contributed by atoms with Gasteiger partial charge in [0, 0.05) is 21.7 Å². The molecule has 0 saturated heterocycles. The van der Waals surface area contributed by atoms with Gasteiger partial charge in [-0.05, 0) is 55.5 Å². The fourth-order valence-corrected chi connectivity index (χ4v) is 2.79. The van der Waals surface area contributed by atoms with Crippen molar-refractivity contribution >= 4 is 28.5 Å². The Bertz CT molecular complexity index is 1100. The summed E-state index contributed by atoms with van der Waals surface area (Å²) in [6, 6.07) is 19.8. The van der Waals surface area contributed by atoms with Crippen LogP contribution < -0.4 is 4.74 Å². The Morgan fingerprint density at radius 1 is 1.00 bits per heavy atom. The molecule has 2 aromatic carbocycles. The second-order valence-corrected chi connectivity index (χ2v) is 6.28. The first-order chi connectivity index (χ1) is 12.6. The number of furan rings is 1. The lowest BCUT2D eigenvalue weighted by Crippen LogP contribution is -2.07. The van der Waals surface area contributed by atoms with E-state index in [9.17, 15) is 4.79 Å². The average Bonchev–Trinajstić information content (AvgIpc) is 3.13. The summed E-state index contributed by atoms with van der Waals surface area (Å²) in [6.45, 7) is 1.89. The zero-order chi connectivity index (χ0) is 18.1.